The van der Waals surface area contributed by atoms with Gasteiger partial charge in [-0.3, -0.25) is 9.59 Å². The third kappa shape index (κ3) is 5.85. The van der Waals surface area contributed by atoms with Crippen molar-refractivity contribution in [2.24, 2.45) is 11.0 Å². The summed E-state index contributed by atoms with van der Waals surface area (Å²) < 4.78 is 0. The first kappa shape index (κ1) is 22.8. The lowest BCUT2D eigenvalue weighted by Gasteiger charge is -2.21. The minimum Gasteiger partial charge on any atom is -0.372 e. The monoisotopic (exact) mass is 440 g/mol. The highest BCUT2D eigenvalue weighted by Gasteiger charge is 2.25. The molecule has 1 heterocycles. The number of hydrazone groups is 1. The minimum absolute atomic E-state index is 0.122. The van der Waals surface area contributed by atoms with E-state index in [2.05, 4.69) is 32.9 Å². The smallest absolute Gasteiger partial charge is 0.262 e. The van der Waals surface area contributed by atoms with Crippen LogP contribution in [0.1, 0.15) is 48.2 Å². The van der Waals surface area contributed by atoms with Crippen molar-refractivity contribution in [2.75, 3.05) is 18.0 Å². The average Bonchev–Trinajstić information content (AvgIpc) is 3.28. The number of nitrogens with one attached hydrogen (secondary N) is 2. The maximum atomic E-state index is 12.7. The van der Waals surface area contributed by atoms with E-state index in [9.17, 15) is 9.59 Å². The van der Waals surface area contributed by atoms with Crippen molar-refractivity contribution < 1.29 is 9.59 Å². The minimum atomic E-state index is -0.737. The summed E-state index contributed by atoms with van der Waals surface area (Å²) in [4.78, 5) is 27.6. The van der Waals surface area contributed by atoms with Crippen LogP contribution in [0.4, 0.5) is 5.69 Å². The van der Waals surface area contributed by atoms with Gasteiger partial charge in [0.2, 0.25) is 0 Å². The van der Waals surface area contributed by atoms with Crippen molar-refractivity contribution in [3.8, 4) is 0 Å². The van der Waals surface area contributed by atoms with Crippen LogP contribution in [0.5, 0.6) is 0 Å². The molecule has 1 fully saturated rings. The Morgan fingerprint density at radius 3 is 2.48 bits per heavy atom. The second-order valence-electron chi connectivity index (χ2n) is 8.14. The maximum Gasteiger partial charge on any atom is 0.262 e. The van der Waals surface area contributed by atoms with Gasteiger partial charge in [-0.15, -0.1) is 0 Å². The van der Waals surface area contributed by atoms with Crippen molar-refractivity contribution in [1.82, 2.24) is 10.7 Å². The molecule has 1 unspecified atom stereocenters. The molecule has 1 atom stereocenters. The van der Waals surface area contributed by atoms with Crippen LogP contribution in [0.3, 0.4) is 0 Å². The zero-order valence-electron chi connectivity index (χ0n) is 18.2. The van der Waals surface area contributed by atoms with Gasteiger partial charge in [0.25, 0.3) is 11.8 Å². The van der Waals surface area contributed by atoms with Crippen LogP contribution in [0.15, 0.2) is 47.6 Å². The van der Waals surface area contributed by atoms with Crippen LogP contribution >= 0.6 is 11.6 Å². The van der Waals surface area contributed by atoms with Crippen LogP contribution in [0.25, 0.3) is 0 Å². The van der Waals surface area contributed by atoms with Crippen molar-refractivity contribution in [3.63, 3.8) is 0 Å². The number of halogens is 1. The number of carbonyl (C=O) groups is 2. The van der Waals surface area contributed by atoms with Crippen LogP contribution < -0.4 is 15.6 Å². The summed E-state index contributed by atoms with van der Waals surface area (Å²) in [6, 6.07) is 12.3. The molecule has 164 valence electrons. The molecule has 0 bridgehead atoms. The summed E-state index contributed by atoms with van der Waals surface area (Å²) in [7, 11) is 0. The van der Waals surface area contributed by atoms with Gasteiger partial charge in [0.15, 0.2) is 0 Å². The molecule has 3 rings (SSSR count). The summed E-state index contributed by atoms with van der Waals surface area (Å²) in [6.45, 7) is 7.95. The molecule has 1 aliphatic rings. The van der Waals surface area contributed by atoms with Crippen LogP contribution in [0, 0.1) is 12.8 Å². The van der Waals surface area contributed by atoms with Gasteiger partial charge in [0.05, 0.1) is 16.8 Å². The Balaban J connectivity index is 1.62. The number of anilines is 1. The van der Waals surface area contributed by atoms with Gasteiger partial charge < -0.3 is 10.2 Å². The number of amides is 2. The summed E-state index contributed by atoms with van der Waals surface area (Å²) in [5.74, 6) is -0.891. The average molecular weight is 441 g/mol. The molecule has 2 aromatic carbocycles. The van der Waals surface area contributed by atoms with E-state index in [1.54, 1.807) is 30.5 Å². The first-order valence-electron chi connectivity index (χ1n) is 10.6. The van der Waals surface area contributed by atoms with E-state index in [0.717, 1.165) is 24.2 Å². The van der Waals surface area contributed by atoms with Gasteiger partial charge in [-0.05, 0) is 61.1 Å². The summed E-state index contributed by atoms with van der Waals surface area (Å²) in [5, 5.41) is 7.21. The summed E-state index contributed by atoms with van der Waals surface area (Å²) >= 11 is 6.09. The molecule has 6 nitrogen and oxygen atoms in total. The van der Waals surface area contributed by atoms with Crippen molar-refractivity contribution in [3.05, 3.63) is 64.2 Å². The largest absolute Gasteiger partial charge is 0.372 e. The Labute approximate surface area is 188 Å². The lowest BCUT2D eigenvalue weighted by Crippen LogP contribution is -2.48. The van der Waals surface area contributed by atoms with Crippen molar-refractivity contribution in [1.29, 1.82) is 0 Å². The number of benzene rings is 2. The Morgan fingerprint density at radius 2 is 1.84 bits per heavy atom. The van der Waals surface area contributed by atoms with E-state index in [0.29, 0.717) is 10.6 Å². The fourth-order valence-corrected chi connectivity index (χ4v) is 3.83. The van der Waals surface area contributed by atoms with Gasteiger partial charge in [-0.2, -0.15) is 5.10 Å². The fraction of sp³-hybridized carbons (Fsp3) is 0.375. The Bertz CT molecular complexity index is 968. The third-order valence-electron chi connectivity index (χ3n) is 5.46. The number of hydrogen-bond donors (Lipinski definition) is 2. The van der Waals surface area contributed by atoms with E-state index in [-0.39, 0.29) is 11.8 Å². The SMILES string of the molecule is Cc1cc(N2CCCC2)ccc1C=NNC(=O)C(NC(=O)c1ccccc1Cl)C(C)C. The highest BCUT2D eigenvalue weighted by atomic mass is 35.5. The second kappa shape index (κ2) is 10.4. The Hall–Kier alpha value is -2.86. The number of nitrogens with zero attached hydrogens (tertiary/aromatic N) is 2. The van der Waals surface area contributed by atoms with Gasteiger partial charge in [-0.25, -0.2) is 5.43 Å². The summed E-state index contributed by atoms with van der Waals surface area (Å²) in [5.41, 5.74) is 6.13. The third-order valence-corrected chi connectivity index (χ3v) is 5.79. The molecule has 0 spiro atoms. The fourth-order valence-electron chi connectivity index (χ4n) is 3.61. The topological polar surface area (TPSA) is 73.8 Å². The molecule has 2 aromatic rings. The Kier molecular flexibility index (Phi) is 7.69. The van der Waals surface area contributed by atoms with E-state index in [4.69, 9.17) is 11.6 Å². The molecule has 1 aliphatic heterocycles. The molecular weight excluding hydrogens is 412 g/mol. The van der Waals surface area contributed by atoms with E-state index < -0.39 is 11.9 Å². The Morgan fingerprint density at radius 1 is 1.13 bits per heavy atom. The number of aryl methyl sites for hydroxylation is 1. The van der Waals surface area contributed by atoms with Gasteiger partial charge in [0.1, 0.15) is 6.04 Å². The first-order chi connectivity index (χ1) is 14.9. The number of carbonyl (C=O) groups excluding carboxylic acids is 2. The molecule has 0 saturated carbocycles. The molecule has 0 aromatic heterocycles. The highest BCUT2D eigenvalue weighted by molar-refractivity contribution is 6.33. The number of hydrogen-bond acceptors (Lipinski definition) is 4. The van der Waals surface area contributed by atoms with Gasteiger partial charge >= 0.3 is 0 Å². The second-order valence-corrected chi connectivity index (χ2v) is 8.55. The predicted molar refractivity (Wildman–Crippen MR) is 126 cm³/mol. The van der Waals surface area contributed by atoms with E-state index >= 15 is 0 Å². The van der Waals surface area contributed by atoms with E-state index in [1.165, 1.54) is 18.5 Å². The predicted octanol–water partition coefficient (Wildman–Crippen LogP) is 4.15. The van der Waals surface area contributed by atoms with Crippen molar-refractivity contribution >= 4 is 35.3 Å². The molecule has 0 aliphatic carbocycles. The molecular formula is C24H29ClN4O2. The lowest BCUT2D eigenvalue weighted by atomic mass is 10.0. The maximum absolute atomic E-state index is 12.7. The van der Waals surface area contributed by atoms with Crippen molar-refractivity contribution in [2.45, 2.75) is 39.7 Å². The molecule has 7 heteroatoms. The first-order valence-corrected chi connectivity index (χ1v) is 11.0. The summed E-state index contributed by atoms with van der Waals surface area (Å²) in [6.07, 6.45) is 4.10. The van der Waals surface area contributed by atoms with Crippen LogP contribution in [-0.2, 0) is 4.79 Å². The van der Waals surface area contributed by atoms with Crippen LogP contribution in [0.2, 0.25) is 5.02 Å². The zero-order valence-corrected chi connectivity index (χ0v) is 18.9. The molecule has 1 saturated heterocycles. The zero-order chi connectivity index (χ0) is 22.4. The van der Waals surface area contributed by atoms with Gasteiger partial charge in [-0.1, -0.05) is 43.6 Å². The normalized spacial score (nSPS) is 14.8. The lowest BCUT2D eigenvalue weighted by molar-refractivity contribution is -0.123. The standard InChI is InChI=1S/C24H29ClN4O2/c1-16(2)22(27-23(30)20-8-4-5-9-21(20)25)24(31)28-26-15-18-10-11-19(14-17(18)3)29-12-6-7-13-29/h4-5,8-11,14-16,22H,6-7,12-13H2,1-3H3,(H,27,30)(H,28,31). The molecule has 2 amide bonds. The number of rotatable bonds is 7. The van der Waals surface area contributed by atoms with E-state index in [1.807, 2.05) is 26.8 Å². The molecule has 2 N–H and O–H groups in total. The van der Waals surface area contributed by atoms with Crippen LogP contribution in [-0.4, -0.2) is 37.2 Å². The highest BCUT2D eigenvalue weighted by Crippen LogP contribution is 2.22. The molecule has 31 heavy (non-hydrogen) atoms. The molecule has 0 radical (unpaired) electrons. The quantitative estimate of drug-likeness (QED) is 0.501. The van der Waals surface area contributed by atoms with Gasteiger partial charge in [0, 0.05) is 18.8 Å².